The molecule has 1 amide bonds. The van der Waals surface area contributed by atoms with Crippen molar-refractivity contribution in [3.8, 4) is 17.2 Å². The molecule has 0 saturated carbocycles. The lowest BCUT2D eigenvalue weighted by molar-refractivity contribution is -0.125. The molecule has 2 aliphatic rings. The molecular formula is C29H31N7O3S. The van der Waals surface area contributed by atoms with Gasteiger partial charge >= 0.3 is 5.69 Å². The number of aromatic nitrogens is 4. The molecule has 0 bridgehead atoms. The van der Waals surface area contributed by atoms with Crippen LogP contribution >= 0.6 is 11.8 Å². The predicted molar refractivity (Wildman–Crippen MR) is 157 cm³/mol. The molecule has 1 atom stereocenters. The van der Waals surface area contributed by atoms with Gasteiger partial charge in [0.1, 0.15) is 23.3 Å². The van der Waals surface area contributed by atoms with Crippen LogP contribution in [-0.4, -0.2) is 79.0 Å². The fourth-order valence-electron chi connectivity index (χ4n) is 5.27. The number of carbonyl (C=O) groups is 1. The number of thioether (sulfide) groups is 1. The fourth-order valence-corrected chi connectivity index (χ4v) is 6.25. The summed E-state index contributed by atoms with van der Waals surface area (Å²) in [5.41, 5.74) is 7.54. The summed E-state index contributed by atoms with van der Waals surface area (Å²) in [5.74, 6) is 3.83. The highest BCUT2D eigenvalue weighted by Gasteiger charge is 2.31. The zero-order chi connectivity index (χ0) is 27.5. The van der Waals surface area contributed by atoms with Crippen molar-refractivity contribution in [1.29, 1.82) is 0 Å². The lowest BCUT2D eigenvalue weighted by Gasteiger charge is -2.24. The Bertz CT molecular complexity index is 1580. The van der Waals surface area contributed by atoms with E-state index in [9.17, 15) is 9.59 Å². The highest BCUT2D eigenvalue weighted by molar-refractivity contribution is 7.99. The Kier molecular flexibility index (Phi) is 7.56. The van der Waals surface area contributed by atoms with Crippen molar-refractivity contribution in [3.05, 3.63) is 83.6 Å². The number of imidazole rings is 1. The molecule has 2 fully saturated rings. The van der Waals surface area contributed by atoms with E-state index in [1.165, 1.54) is 10.9 Å². The van der Waals surface area contributed by atoms with Gasteiger partial charge in [0.2, 0.25) is 5.91 Å². The van der Waals surface area contributed by atoms with E-state index in [0.29, 0.717) is 42.1 Å². The first kappa shape index (κ1) is 26.1. The largest absolute Gasteiger partial charge is 0.457 e. The third-order valence-corrected chi connectivity index (χ3v) is 8.26. The Morgan fingerprint density at radius 3 is 2.55 bits per heavy atom. The van der Waals surface area contributed by atoms with Crippen molar-refractivity contribution in [2.75, 3.05) is 50.0 Å². The number of nitrogens with two attached hydrogens (primary N) is 1. The van der Waals surface area contributed by atoms with Gasteiger partial charge in [-0.15, -0.1) is 0 Å². The smallest absolute Gasteiger partial charge is 0.335 e. The van der Waals surface area contributed by atoms with E-state index in [4.69, 9.17) is 10.5 Å². The van der Waals surface area contributed by atoms with Crippen molar-refractivity contribution >= 4 is 34.7 Å². The molecule has 11 heteroatoms. The van der Waals surface area contributed by atoms with E-state index >= 15 is 0 Å². The standard InChI is InChI=1S/C29H31N7O3S/c30-27-26-28(32-20-31-27)36(22-12-14-34(19-22)25(37)7-4-13-33-15-17-40-18-16-33)29(38)35(26)21-8-10-24(11-9-21)39-23-5-2-1-3-6-23/h1-11,20,22H,12-19H2,(H2,30,31,32)/t22-/m1/s1. The lowest BCUT2D eigenvalue weighted by Crippen LogP contribution is -2.33. The van der Waals surface area contributed by atoms with E-state index in [1.807, 2.05) is 72.4 Å². The molecule has 206 valence electrons. The van der Waals surface area contributed by atoms with Crippen LogP contribution in [-0.2, 0) is 4.79 Å². The van der Waals surface area contributed by atoms with Crippen molar-refractivity contribution in [2.24, 2.45) is 0 Å². The minimum Gasteiger partial charge on any atom is -0.457 e. The zero-order valence-corrected chi connectivity index (χ0v) is 22.9. The summed E-state index contributed by atoms with van der Waals surface area (Å²) < 4.78 is 9.10. The Hall–Kier alpha value is -4.09. The van der Waals surface area contributed by atoms with E-state index in [-0.39, 0.29) is 23.5 Å². The van der Waals surface area contributed by atoms with Crippen LogP contribution in [0.2, 0.25) is 0 Å². The second-order valence-electron chi connectivity index (χ2n) is 9.87. The molecule has 40 heavy (non-hydrogen) atoms. The molecule has 0 aliphatic carbocycles. The third-order valence-electron chi connectivity index (χ3n) is 7.32. The quantitative estimate of drug-likeness (QED) is 0.345. The van der Waals surface area contributed by atoms with Gasteiger partial charge in [-0.3, -0.25) is 18.8 Å². The van der Waals surface area contributed by atoms with Gasteiger partial charge < -0.3 is 15.4 Å². The monoisotopic (exact) mass is 557 g/mol. The number of likely N-dealkylation sites (tertiary alicyclic amines) is 1. The number of carbonyl (C=O) groups excluding carboxylic acids is 1. The Balaban J connectivity index is 1.23. The van der Waals surface area contributed by atoms with E-state index < -0.39 is 0 Å². The molecule has 6 rings (SSSR count). The topological polar surface area (TPSA) is 112 Å². The number of amides is 1. The minimum atomic E-state index is -0.267. The van der Waals surface area contributed by atoms with Crippen LogP contribution in [0, 0.1) is 0 Å². The number of hydrogen-bond acceptors (Lipinski definition) is 8. The predicted octanol–water partition coefficient (Wildman–Crippen LogP) is 3.34. The summed E-state index contributed by atoms with van der Waals surface area (Å²) in [5, 5.41) is 0. The number of rotatable bonds is 7. The highest BCUT2D eigenvalue weighted by Crippen LogP contribution is 2.29. The Labute approximate surface area is 236 Å². The summed E-state index contributed by atoms with van der Waals surface area (Å²) in [7, 11) is 0. The van der Waals surface area contributed by atoms with E-state index in [0.717, 1.165) is 36.9 Å². The Morgan fingerprint density at radius 2 is 1.77 bits per heavy atom. The van der Waals surface area contributed by atoms with Gasteiger partial charge in [0.05, 0.1) is 11.7 Å². The van der Waals surface area contributed by atoms with Crippen LogP contribution in [0.3, 0.4) is 0 Å². The SMILES string of the molecule is Nc1ncnc2c1n(-c1ccc(Oc3ccccc3)cc1)c(=O)n2[C@@H]1CCN(C(=O)C=CCN2CCSCC2)C1. The Morgan fingerprint density at radius 1 is 1.02 bits per heavy atom. The maximum absolute atomic E-state index is 13.9. The van der Waals surface area contributed by atoms with Gasteiger partial charge in [0.25, 0.3) is 0 Å². The van der Waals surface area contributed by atoms with Crippen molar-refractivity contribution in [2.45, 2.75) is 12.5 Å². The molecule has 0 spiro atoms. The average Bonchev–Trinajstić information content (AvgIpc) is 3.58. The van der Waals surface area contributed by atoms with Gasteiger partial charge in [0.15, 0.2) is 11.5 Å². The molecule has 10 nitrogen and oxygen atoms in total. The van der Waals surface area contributed by atoms with Gasteiger partial charge in [-0.2, -0.15) is 11.8 Å². The van der Waals surface area contributed by atoms with Gasteiger partial charge in [0, 0.05) is 50.3 Å². The maximum atomic E-state index is 13.9. The van der Waals surface area contributed by atoms with Crippen LogP contribution in [0.25, 0.3) is 16.9 Å². The maximum Gasteiger partial charge on any atom is 0.335 e. The fraction of sp³-hybridized carbons (Fsp3) is 0.310. The van der Waals surface area contributed by atoms with Crippen molar-refractivity contribution < 1.29 is 9.53 Å². The normalized spacial score (nSPS) is 18.1. The summed E-state index contributed by atoms with van der Waals surface area (Å²) in [4.78, 5) is 39.5. The first-order chi connectivity index (χ1) is 19.6. The van der Waals surface area contributed by atoms with Gasteiger partial charge in [-0.1, -0.05) is 24.3 Å². The van der Waals surface area contributed by atoms with Crippen LogP contribution in [0.5, 0.6) is 11.5 Å². The molecule has 4 aromatic rings. The number of benzene rings is 2. The number of nitrogen functional groups attached to an aromatic ring is 1. The molecule has 2 aromatic carbocycles. The second kappa shape index (κ2) is 11.6. The van der Waals surface area contributed by atoms with Crippen molar-refractivity contribution in [1.82, 2.24) is 28.9 Å². The lowest BCUT2D eigenvalue weighted by atomic mass is 10.2. The second-order valence-corrected chi connectivity index (χ2v) is 11.1. The van der Waals surface area contributed by atoms with E-state index in [2.05, 4.69) is 14.9 Å². The molecule has 2 saturated heterocycles. The van der Waals surface area contributed by atoms with Gasteiger partial charge in [-0.25, -0.2) is 14.8 Å². The summed E-state index contributed by atoms with van der Waals surface area (Å²) in [6.07, 6.45) is 5.63. The number of hydrogen-bond donors (Lipinski definition) is 1. The van der Waals surface area contributed by atoms with Crippen molar-refractivity contribution in [3.63, 3.8) is 0 Å². The van der Waals surface area contributed by atoms with Crippen LogP contribution in [0.15, 0.2) is 77.9 Å². The zero-order valence-electron chi connectivity index (χ0n) is 22.1. The highest BCUT2D eigenvalue weighted by atomic mass is 32.2. The summed E-state index contributed by atoms with van der Waals surface area (Å²) in [6.45, 7) is 3.88. The summed E-state index contributed by atoms with van der Waals surface area (Å²) >= 11 is 1.97. The molecule has 0 radical (unpaired) electrons. The molecule has 2 N–H and O–H groups in total. The van der Waals surface area contributed by atoms with Gasteiger partial charge in [-0.05, 0) is 42.8 Å². The number of anilines is 1. The first-order valence-electron chi connectivity index (χ1n) is 13.4. The minimum absolute atomic E-state index is 0.0335. The molecule has 2 aliphatic heterocycles. The van der Waals surface area contributed by atoms with Crippen LogP contribution in [0.4, 0.5) is 5.82 Å². The number of nitrogens with zero attached hydrogens (tertiary/aromatic N) is 6. The molecule has 2 aromatic heterocycles. The van der Waals surface area contributed by atoms with Crippen LogP contribution in [0.1, 0.15) is 12.5 Å². The molecule has 0 unspecified atom stereocenters. The number of fused-ring (bicyclic) bond motifs is 1. The van der Waals surface area contributed by atoms with Crippen LogP contribution < -0.4 is 16.2 Å². The first-order valence-corrected chi connectivity index (χ1v) is 14.6. The summed E-state index contributed by atoms with van der Waals surface area (Å²) in [6, 6.07) is 16.5. The number of ether oxygens (including phenoxy) is 1. The number of para-hydroxylation sites is 1. The third kappa shape index (κ3) is 5.34. The molecule has 4 heterocycles. The average molecular weight is 558 g/mol. The van der Waals surface area contributed by atoms with E-state index in [1.54, 1.807) is 15.5 Å². The molecular weight excluding hydrogens is 526 g/mol.